The molecule has 1 fully saturated rings. The third kappa shape index (κ3) is 3.42. The number of hydrogen-bond acceptors (Lipinski definition) is 3. The largest absolute Gasteiger partial charge is 0.366 e. The number of halogens is 1. The van der Waals surface area contributed by atoms with Gasteiger partial charge in [-0.25, -0.2) is 4.39 Å². The van der Waals surface area contributed by atoms with E-state index < -0.39 is 11.7 Å². The van der Waals surface area contributed by atoms with E-state index in [0.29, 0.717) is 29.3 Å². The van der Waals surface area contributed by atoms with Crippen molar-refractivity contribution in [1.82, 2.24) is 4.98 Å². The van der Waals surface area contributed by atoms with Crippen molar-refractivity contribution >= 4 is 17.5 Å². The summed E-state index contributed by atoms with van der Waals surface area (Å²) in [5.41, 5.74) is 6.86. The number of carbonyl (C=O) groups is 2. The topological polar surface area (TPSA) is 76.3 Å². The number of rotatable bonds is 5. The van der Waals surface area contributed by atoms with Crippen LogP contribution in [0, 0.1) is 11.7 Å². The molecule has 0 saturated heterocycles. The summed E-state index contributed by atoms with van der Waals surface area (Å²) in [5.74, 6) is -0.731. The molecule has 24 heavy (non-hydrogen) atoms. The van der Waals surface area contributed by atoms with Gasteiger partial charge in [0, 0.05) is 25.2 Å². The van der Waals surface area contributed by atoms with Gasteiger partial charge in [-0.15, -0.1) is 0 Å². The maximum Gasteiger partial charge on any atom is 0.250 e. The summed E-state index contributed by atoms with van der Waals surface area (Å²) in [6.45, 7) is 2.00. The molecular weight excluding hydrogens is 309 g/mol. The van der Waals surface area contributed by atoms with Crippen LogP contribution in [-0.2, 0) is 4.79 Å². The molecule has 3 rings (SSSR count). The molecule has 6 heteroatoms. The van der Waals surface area contributed by atoms with Gasteiger partial charge in [-0.05, 0) is 43.0 Å². The van der Waals surface area contributed by atoms with Crippen LogP contribution in [0.2, 0.25) is 0 Å². The number of carbonyl (C=O) groups excluding carboxylic acids is 2. The van der Waals surface area contributed by atoms with E-state index in [1.165, 1.54) is 24.1 Å². The minimum Gasteiger partial charge on any atom is -0.366 e. The molecule has 0 aliphatic heterocycles. The van der Waals surface area contributed by atoms with E-state index >= 15 is 0 Å². The molecule has 0 bridgehead atoms. The number of benzene rings is 1. The molecule has 2 amide bonds. The Morgan fingerprint density at radius 1 is 1.29 bits per heavy atom. The number of primary amides is 1. The Kier molecular flexibility index (Phi) is 4.29. The second-order valence-electron chi connectivity index (χ2n) is 6.04. The summed E-state index contributed by atoms with van der Waals surface area (Å²) >= 11 is 0. The minimum atomic E-state index is -0.562. The van der Waals surface area contributed by atoms with E-state index in [1.807, 2.05) is 0 Å². The number of hydrogen-bond donors (Lipinski definition) is 1. The van der Waals surface area contributed by atoms with Gasteiger partial charge in [-0.1, -0.05) is 6.07 Å². The van der Waals surface area contributed by atoms with Gasteiger partial charge in [0.05, 0.1) is 16.9 Å². The van der Waals surface area contributed by atoms with Crippen LogP contribution in [0.3, 0.4) is 0 Å². The standard InChI is InChI=1S/C18H18FN3O2/c1-11(23)22(10-12-2-3-12)17-7-5-13(8-15(17)19)16-6-4-14(9-21-16)18(20)24/h4-9,12H,2-3,10H2,1H3,(H2,20,24). The average Bonchev–Trinajstić information content (AvgIpc) is 3.37. The molecule has 2 aromatic rings. The van der Waals surface area contributed by atoms with Crippen LogP contribution >= 0.6 is 0 Å². The molecular formula is C18H18FN3O2. The second kappa shape index (κ2) is 6.39. The molecule has 5 nitrogen and oxygen atoms in total. The monoisotopic (exact) mass is 327 g/mol. The van der Waals surface area contributed by atoms with Gasteiger partial charge < -0.3 is 10.6 Å². The first-order valence-corrected chi connectivity index (χ1v) is 7.79. The van der Waals surface area contributed by atoms with Crippen molar-refractivity contribution in [2.75, 3.05) is 11.4 Å². The predicted molar refractivity (Wildman–Crippen MR) is 88.9 cm³/mol. The van der Waals surface area contributed by atoms with Crippen molar-refractivity contribution in [1.29, 1.82) is 0 Å². The summed E-state index contributed by atoms with van der Waals surface area (Å²) in [6.07, 6.45) is 3.53. The first-order valence-electron chi connectivity index (χ1n) is 7.79. The quantitative estimate of drug-likeness (QED) is 0.917. The van der Waals surface area contributed by atoms with Crippen molar-refractivity contribution in [2.24, 2.45) is 11.7 Å². The molecule has 1 aliphatic rings. The lowest BCUT2D eigenvalue weighted by Crippen LogP contribution is -2.31. The highest BCUT2D eigenvalue weighted by atomic mass is 19.1. The Balaban J connectivity index is 1.88. The van der Waals surface area contributed by atoms with Crippen LogP contribution in [0.25, 0.3) is 11.3 Å². The maximum absolute atomic E-state index is 14.5. The number of amides is 2. The predicted octanol–water partition coefficient (Wildman–Crippen LogP) is 2.75. The smallest absolute Gasteiger partial charge is 0.250 e. The first-order chi connectivity index (χ1) is 11.5. The van der Waals surface area contributed by atoms with Gasteiger partial charge in [0.2, 0.25) is 11.8 Å². The summed E-state index contributed by atoms with van der Waals surface area (Å²) in [5, 5.41) is 0. The zero-order valence-electron chi connectivity index (χ0n) is 13.3. The van der Waals surface area contributed by atoms with E-state index in [0.717, 1.165) is 12.8 Å². The van der Waals surface area contributed by atoms with E-state index in [1.54, 1.807) is 24.3 Å². The number of nitrogens with zero attached hydrogens (tertiary/aromatic N) is 2. The molecule has 124 valence electrons. The Hall–Kier alpha value is -2.76. The van der Waals surface area contributed by atoms with Crippen LogP contribution in [-0.4, -0.2) is 23.3 Å². The molecule has 1 aliphatic carbocycles. The van der Waals surface area contributed by atoms with Crippen LogP contribution in [0.1, 0.15) is 30.1 Å². The lowest BCUT2D eigenvalue weighted by Gasteiger charge is -2.22. The zero-order chi connectivity index (χ0) is 17.3. The normalized spacial score (nSPS) is 13.6. The van der Waals surface area contributed by atoms with E-state index in [4.69, 9.17) is 5.73 Å². The Morgan fingerprint density at radius 3 is 2.54 bits per heavy atom. The van der Waals surface area contributed by atoms with Gasteiger partial charge in [0.25, 0.3) is 0 Å². The molecule has 1 aromatic carbocycles. The Bertz CT molecular complexity index is 785. The van der Waals surface area contributed by atoms with E-state index in [9.17, 15) is 14.0 Å². The highest BCUT2D eigenvalue weighted by Crippen LogP contribution is 2.33. The van der Waals surface area contributed by atoms with Gasteiger partial charge in [-0.2, -0.15) is 0 Å². The highest BCUT2D eigenvalue weighted by Gasteiger charge is 2.27. The first kappa shape index (κ1) is 16.1. The van der Waals surface area contributed by atoms with Crippen molar-refractivity contribution in [3.63, 3.8) is 0 Å². The van der Waals surface area contributed by atoms with E-state index in [2.05, 4.69) is 4.98 Å². The molecule has 1 aromatic heterocycles. The highest BCUT2D eigenvalue weighted by molar-refractivity contribution is 5.93. The summed E-state index contributed by atoms with van der Waals surface area (Å²) in [4.78, 5) is 28.5. The molecule has 0 radical (unpaired) electrons. The maximum atomic E-state index is 14.5. The van der Waals surface area contributed by atoms with Crippen LogP contribution in [0.5, 0.6) is 0 Å². The SMILES string of the molecule is CC(=O)N(CC1CC1)c1ccc(-c2ccc(C(N)=O)cn2)cc1F. The van der Waals surface area contributed by atoms with Crippen molar-refractivity contribution in [2.45, 2.75) is 19.8 Å². The Labute approximate surface area is 139 Å². The molecule has 2 N–H and O–H groups in total. The third-order valence-corrected chi connectivity index (χ3v) is 4.10. The summed E-state index contributed by atoms with van der Waals surface area (Å²) in [7, 11) is 0. The minimum absolute atomic E-state index is 0.169. The number of pyridine rings is 1. The lowest BCUT2D eigenvalue weighted by atomic mass is 10.1. The molecule has 0 spiro atoms. The number of aromatic nitrogens is 1. The molecule has 0 atom stereocenters. The Morgan fingerprint density at radius 2 is 2.04 bits per heavy atom. The van der Waals surface area contributed by atoms with Gasteiger partial charge >= 0.3 is 0 Å². The van der Waals surface area contributed by atoms with Gasteiger partial charge in [0.15, 0.2) is 0 Å². The number of nitrogens with two attached hydrogens (primary N) is 1. The van der Waals surface area contributed by atoms with Crippen LogP contribution in [0.4, 0.5) is 10.1 Å². The molecule has 0 unspecified atom stereocenters. The second-order valence-corrected chi connectivity index (χ2v) is 6.04. The van der Waals surface area contributed by atoms with Crippen LogP contribution in [0.15, 0.2) is 36.5 Å². The molecule has 1 saturated carbocycles. The summed E-state index contributed by atoms with van der Waals surface area (Å²) in [6, 6.07) is 7.82. The fraction of sp³-hybridized carbons (Fsp3) is 0.278. The molecule has 1 heterocycles. The van der Waals surface area contributed by atoms with Crippen molar-refractivity contribution < 1.29 is 14.0 Å². The van der Waals surface area contributed by atoms with Crippen molar-refractivity contribution in [3.8, 4) is 11.3 Å². The van der Waals surface area contributed by atoms with Gasteiger partial charge in [-0.3, -0.25) is 14.6 Å². The third-order valence-electron chi connectivity index (χ3n) is 4.10. The van der Waals surface area contributed by atoms with E-state index in [-0.39, 0.29) is 11.6 Å². The van der Waals surface area contributed by atoms with Crippen LogP contribution < -0.4 is 10.6 Å². The van der Waals surface area contributed by atoms with Gasteiger partial charge in [0.1, 0.15) is 5.82 Å². The van der Waals surface area contributed by atoms with Crippen molar-refractivity contribution in [3.05, 3.63) is 47.9 Å². The zero-order valence-corrected chi connectivity index (χ0v) is 13.3. The summed E-state index contributed by atoms with van der Waals surface area (Å²) < 4.78 is 14.5. The lowest BCUT2D eigenvalue weighted by molar-refractivity contribution is -0.116. The fourth-order valence-corrected chi connectivity index (χ4v) is 2.55. The average molecular weight is 327 g/mol. The number of anilines is 1. The fourth-order valence-electron chi connectivity index (χ4n) is 2.55.